The Labute approximate surface area is 247 Å². The number of methoxy groups -OCH3 is 1. The van der Waals surface area contributed by atoms with Crippen LogP contribution in [0, 0.1) is 17.3 Å². The maximum absolute atomic E-state index is 15.1. The monoisotopic (exact) mass is 623 g/mol. The lowest BCUT2D eigenvalue weighted by atomic mass is 9.78. The number of benzene rings is 2. The highest BCUT2D eigenvalue weighted by molar-refractivity contribution is 7.90. The molecule has 232 valence electrons. The molecule has 0 bridgehead atoms. The lowest BCUT2D eigenvalue weighted by Gasteiger charge is -2.45. The summed E-state index contributed by atoms with van der Waals surface area (Å²) in [5.41, 5.74) is 0.0490. The van der Waals surface area contributed by atoms with Gasteiger partial charge in [-0.2, -0.15) is 13.2 Å². The van der Waals surface area contributed by atoms with Gasteiger partial charge >= 0.3 is 6.18 Å². The lowest BCUT2D eigenvalue weighted by Crippen LogP contribution is -2.61. The van der Waals surface area contributed by atoms with Crippen molar-refractivity contribution in [2.24, 2.45) is 5.41 Å². The van der Waals surface area contributed by atoms with E-state index in [-0.39, 0.29) is 40.1 Å². The summed E-state index contributed by atoms with van der Waals surface area (Å²) in [5.74, 6) is 5.40. The number of carbonyl (C=O) groups is 1. The van der Waals surface area contributed by atoms with Crippen molar-refractivity contribution in [2.45, 2.75) is 43.7 Å². The Morgan fingerprint density at radius 2 is 1.95 bits per heavy atom. The third kappa shape index (κ3) is 7.58. The zero-order valence-corrected chi connectivity index (χ0v) is 25.2. The van der Waals surface area contributed by atoms with Gasteiger partial charge in [-0.3, -0.25) is 4.79 Å². The number of alkyl halides is 4. The number of fused-ring (bicyclic) bond motifs is 1. The SMILES string of the molecule is COc1ccc(S(C)(=O)=O)cc1NCC#Cc1cc(C(=O)N[C@H]2[C@@H](F)CN(C)CC2(C)C)c2ncn(CC(F)(F)F)c2c1. The van der Waals surface area contributed by atoms with Gasteiger partial charge in [0, 0.05) is 30.3 Å². The van der Waals surface area contributed by atoms with Crippen molar-refractivity contribution in [2.75, 3.05) is 45.4 Å². The zero-order chi connectivity index (χ0) is 31.7. The minimum Gasteiger partial charge on any atom is -0.495 e. The van der Waals surface area contributed by atoms with Crippen LogP contribution >= 0.6 is 0 Å². The molecule has 2 N–H and O–H groups in total. The largest absolute Gasteiger partial charge is 0.495 e. The fraction of sp³-hybridized carbons (Fsp3) is 0.448. The summed E-state index contributed by atoms with van der Waals surface area (Å²) in [6, 6.07) is 6.30. The molecular weight excluding hydrogens is 590 g/mol. The highest BCUT2D eigenvalue weighted by Gasteiger charge is 2.42. The number of hydrogen-bond donors (Lipinski definition) is 2. The molecular formula is C29H33F4N5O4S. The van der Waals surface area contributed by atoms with Crippen LogP contribution in [-0.2, 0) is 16.4 Å². The fourth-order valence-corrected chi connectivity index (χ4v) is 5.97. The van der Waals surface area contributed by atoms with E-state index in [0.29, 0.717) is 18.0 Å². The summed E-state index contributed by atoms with van der Waals surface area (Å²) < 4.78 is 85.0. The Morgan fingerprint density at radius 3 is 2.58 bits per heavy atom. The number of piperidine rings is 1. The average molecular weight is 624 g/mol. The molecule has 0 saturated carbocycles. The van der Waals surface area contributed by atoms with Crippen LogP contribution in [0.1, 0.15) is 29.8 Å². The predicted molar refractivity (Wildman–Crippen MR) is 155 cm³/mol. The molecule has 1 amide bonds. The van der Waals surface area contributed by atoms with Gasteiger partial charge in [0.2, 0.25) is 0 Å². The molecule has 43 heavy (non-hydrogen) atoms. The third-order valence-electron chi connectivity index (χ3n) is 7.17. The maximum atomic E-state index is 15.1. The molecule has 2 atom stereocenters. The molecule has 14 heteroatoms. The summed E-state index contributed by atoms with van der Waals surface area (Å²) in [7, 11) is -0.260. The van der Waals surface area contributed by atoms with Crippen molar-refractivity contribution < 1.29 is 35.5 Å². The number of hydrogen-bond acceptors (Lipinski definition) is 7. The predicted octanol–water partition coefficient (Wildman–Crippen LogP) is 3.88. The van der Waals surface area contributed by atoms with Crippen molar-refractivity contribution in [3.63, 3.8) is 0 Å². The number of imidazole rings is 1. The van der Waals surface area contributed by atoms with E-state index in [4.69, 9.17) is 4.74 Å². The standard InChI is InChI=1S/C29H33F4N5O4S/c1-28(2)15-37(3)14-21(30)26(28)36-27(39)20-11-18(12-23-25(20)35-17-38(23)16-29(31,32)33)7-6-10-34-22-13-19(43(5,40)41)8-9-24(22)42-4/h8-9,11-13,17,21,26,34H,10,14-16H2,1-5H3,(H,36,39)/t21-,26-/m0/s1. The second kappa shape index (κ2) is 12.0. The summed E-state index contributed by atoms with van der Waals surface area (Å²) in [6.45, 7) is 3.02. The van der Waals surface area contributed by atoms with E-state index < -0.39 is 46.1 Å². The summed E-state index contributed by atoms with van der Waals surface area (Å²) >= 11 is 0. The van der Waals surface area contributed by atoms with Crippen LogP contribution in [0.4, 0.5) is 23.2 Å². The van der Waals surface area contributed by atoms with Crippen LogP contribution in [0.25, 0.3) is 11.0 Å². The van der Waals surface area contributed by atoms with Gasteiger partial charge in [-0.05, 0) is 37.4 Å². The lowest BCUT2D eigenvalue weighted by molar-refractivity contribution is -0.139. The second-order valence-corrected chi connectivity index (χ2v) is 13.3. The second-order valence-electron chi connectivity index (χ2n) is 11.3. The first kappa shape index (κ1) is 32.1. The van der Waals surface area contributed by atoms with Crippen LogP contribution in [0.15, 0.2) is 41.6 Å². The number of likely N-dealkylation sites (tertiary alicyclic amines) is 1. The normalized spacial score (nSPS) is 19.0. The molecule has 3 aromatic rings. The maximum Gasteiger partial charge on any atom is 0.406 e. The van der Waals surface area contributed by atoms with Crippen LogP contribution in [0.3, 0.4) is 0 Å². The molecule has 0 radical (unpaired) electrons. The van der Waals surface area contributed by atoms with Crippen molar-refractivity contribution in [1.82, 2.24) is 19.8 Å². The number of ether oxygens (including phenoxy) is 1. The van der Waals surface area contributed by atoms with E-state index in [2.05, 4.69) is 27.5 Å². The van der Waals surface area contributed by atoms with Crippen LogP contribution in [-0.4, -0.2) is 87.2 Å². The first-order valence-corrected chi connectivity index (χ1v) is 15.2. The van der Waals surface area contributed by atoms with E-state index in [1.165, 1.54) is 37.4 Å². The Hall–Kier alpha value is -3.83. The van der Waals surface area contributed by atoms with Gasteiger partial charge < -0.3 is 24.8 Å². The molecule has 0 spiro atoms. The number of nitrogens with zero attached hydrogens (tertiary/aromatic N) is 3. The summed E-state index contributed by atoms with van der Waals surface area (Å²) in [5, 5.41) is 5.73. The number of halogens is 4. The zero-order valence-electron chi connectivity index (χ0n) is 24.3. The van der Waals surface area contributed by atoms with Crippen LogP contribution in [0.2, 0.25) is 0 Å². The molecule has 0 unspecified atom stereocenters. The highest BCUT2D eigenvalue weighted by atomic mass is 32.2. The first-order valence-electron chi connectivity index (χ1n) is 13.3. The molecule has 0 aliphatic carbocycles. The molecule has 9 nitrogen and oxygen atoms in total. The number of amides is 1. The highest BCUT2D eigenvalue weighted by Crippen LogP contribution is 2.32. The molecule has 2 heterocycles. The van der Waals surface area contributed by atoms with Crippen molar-refractivity contribution in [3.05, 3.63) is 47.8 Å². The van der Waals surface area contributed by atoms with E-state index in [9.17, 15) is 26.4 Å². The molecule has 1 aliphatic heterocycles. The van der Waals surface area contributed by atoms with Gasteiger partial charge in [0.05, 0.1) is 47.7 Å². The number of aromatic nitrogens is 2. The Balaban J connectivity index is 1.67. The van der Waals surface area contributed by atoms with Gasteiger partial charge in [-0.15, -0.1) is 0 Å². The quantitative estimate of drug-likeness (QED) is 0.304. The molecule has 1 aliphatic rings. The van der Waals surface area contributed by atoms with Gasteiger partial charge in [0.1, 0.15) is 24.0 Å². The number of anilines is 1. The number of nitrogens with one attached hydrogen (secondary N) is 2. The molecule has 4 rings (SSSR count). The smallest absolute Gasteiger partial charge is 0.406 e. The number of rotatable bonds is 7. The Kier molecular flexibility index (Phi) is 8.99. The number of sulfone groups is 1. The van der Waals surface area contributed by atoms with Gasteiger partial charge in [0.25, 0.3) is 5.91 Å². The minimum absolute atomic E-state index is 0.0122. The topological polar surface area (TPSA) is 106 Å². The molecule has 1 saturated heterocycles. The molecule has 1 fully saturated rings. The van der Waals surface area contributed by atoms with Gasteiger partial charge in [-0.1, -0.05) is 25.7 Å². The first-order chi connectivity index (χ1) is 20.0. The average Bonchev–Trinajstić information content (AvgIpc) is 3.28. The Morgan fingerprint density at radius 1 is 1.23 bits per heavy atom. The van der Waals surface area contributed by atoms with E-state index in [1.807, 2.05) is 18.7 Å². The third-order valence-corrected chi connectivity index (χ3v) is 8.28. The molecule has 2 aromatic carbocycles. The molecule has 1 aromatic heterocycles. The van der Waals surface area contributed by atoms with Crippen LogP contribution in [0.5, 0.6) is 5.75 Å². The van der Waals surface area contributed by atoms with Gasteiger partial charge in [-0.25, -0.2) is 17.8 Å². The van der Waals surface area contributed by atoms with E-state index in [1.54, 1.807) is 7.05 Å². The number of carbonyl (C=O) groups excluding carboxylic acids is 1. The summed E-state index contributed by atoms with van der Waals surface area (Å²) in [6.07, 6.45) is -3.82. The van der Waals surface area contributed by atoms with Crippen molar-refractivity contribution in [1.29, 1.82) is 0 Å². The van der Waals surface area contributed by atoms with Crippen molar-refractivity contribution >= 4 is 32.5 Å². The minimum atomic E-state index is -4.54. The summed E-state index contributed by atoms with van der Waals surface area (Å²) in [4.78, 5) is 19.5. The van der Waals surface area contributed by atoms with Crippen molar-refractivity contribution in [3.8, 4) is 17.6 Å². The Bertz CT molecular complexity index is 1690. The van der Waals surface area contributed by atoms with E-state index >= 15 is 4.39 Å². The van der Waals surface area contributed by atoms with E-state index in [0.717, 1.165) is 17.2 Å². The van der Waals surface area contributed by atoms with Gasteiger partial charge in [0.15, 0.2) is 9.84 Å². The fourth-order valence-electron chi connectivity index (χ4n) is 5.33. The van der Waals surface area contributed by atoms with Crippen LogP contribution < -0.4 is 15.4 Å².